The van der Waals surface area contributed by atoms with Gasteiger partial charge in [-0.3, -0.25) is 9.36 Å². The summed E-state index contributed by atoms with van der Waals surface area (Å²) in [6.07, 6.45) is 3.71. The van der Waals surface area contributed by atoms with Crippen LogP contribution >= 0.6 is 7.37 Å². The molecule has 1 aromatic rings. The van der Waals surface area contributed by atoms with Crippen molar-refractivity contribution in [1.29, 1.82) is 0 Å². The second-order valence-electron chi connectivity index (χ2n) is 5.51. The van der Waals surface area contributed by atoms with E-state index in [0.29, 0.717) is 19.3 Å². The van der Waals surface area contributed by atoms with E-state index in [4.69, 9.17) is 4.74 Å². The summed E-state index contributed by atoms with van der Waals surface area (Å²) in [7, 11) is -3.09. The molecule has 1 aromatic heterocycles. The number of aromatic nitrogens is 1. The lowest BCUT2D eigenvalue weighted by molar-refractivity contribution is 0.0156. The highest BCUT2D eigenvalue weighted by Crippen LogP contribution is 2.42. The molecule has 3 N–H and O–H groups in total. The smallest absolute Gasteiger partial charge is 0.247 e. The summed E-state index contributed by atoms with van der Waals surface area (Å²) < 4.78 is 17.7. The van der Waals surface area contributed by atoms with Gasteiger partial charge in [0.1, 0.15) is 0 Å². The molecule has 0 bridgehead atoms. The zero-order valence-corrected chi connectivity index (χ0v) is 13.1. The Kier molecular flexibility index (Phi) is 5.76. The molecule has 118 valence electrons. The molecule has 2 rings (SSSR count). The highest BCUT2D eigenvalue weighted by molar-refractivity contribution is 7.58. The van der Waals surface area contributed by atoms with Crippen LogP contribution in [0.1, 0.15) is 31.4 Å². The average Bonchev–Trinajstić information content (AvgIpc) is 2.47. The summed E-state index contributed by atoms with van der Waals surface area (Å²) in [6.45, 7) is 2.98. The van der Waals surface area contributed by atoms with Crippen LogP contribution in [-0.2, 0) is 9.30 Å². The molecule has 0 aromatic carbocycles. The van der Waals surface area contributed by atoms with Crippen molar-refractivity contribution in [1.82, 2.24) is 10.3 Å². The minimum atomic E-state index is -3.09. The molecule has 3 unspecified atom stereocenters. The Bertz CT molecular complexity index is 532. The molecule has 0 amide bonds. The van der Waals surface area contributed by atoms with Gasteiger partial charge in [0, 0.05) is 25.0 Å². The highest BCUT2D eigenvalue weighted by atomic mass is 31.2. The summed E-state index contributed by atoms with van der Waals surface area (Å²) in [4.78, 5) is 23.6. The summed E-state index contributed by atoms with van der Waals surface area (Å²) in [5.41, 5.74) is 0.816. The van der Waals surface area contributed by atoms with E-state index in [9.17, 15) is 14.3 Å². The van der Waals surface area contributed by atoms with E-state index in [1.165, 1.54) is 6.07 Å². The maximum Gasteiger partial charge on any atom is 0.247 e. The summed E-state index contributed by atoms with van der Waals surface area (Å²) in [6, 6.07) is 3.25. The lowest BCUT2D eigenvalue weighted by Gasteiger charge is -2.31. The van der Waals surface area contributed by atoms with Crippen LogP contribution in [0.3, 0.4) is 0 Å². The van der Waals surface area contributed by atoms with Gasteiger partial charge in [0.05, 0.1) is 24.9 Å². The monoisotopic (exact) mass is 314 g/mol. The van der Waals surface area contributed by atoms with E-state index in [0.717, 1.165) is 18.4 Å². The van der Waals surface area contributed by atoms with Gasteiger partial charge in [0.25, 0.3) is 0 Å². The van der Waals surface area contributed by atoms with Gasteiger partial charge in [-0.1, -0.05) is 19.4 Å². The lowest BCUT2D eigenvalue weighted by atomic mass is 10.1. The van der Waals surface area contributed by atoms with Gasteiger partial charge < -0.3 is 19.9 Å². The number of rotatable bonds is 6. The van der Waals surface area contributed by atoms with Gasteiger partial charge in [-0.05, 0) is 12.0 Å². The molecule has 7 heteroatoms. The topological polar surface area (TPSA) is 91.4 Å². The molecule has 3 atom stereocenters. The predicted molar refractivity (Wildman–Crippen MR) is 82.0 cm³/mol. The van der Waals surface area contributed by atoms with E-state index >= 15 is 0 Å². The number of morpholine rings is 1. The molecule has 1 saturated heterocycles. The van der Waals surface area contributed by atoms with E-state index in [1.54, 1.807) is 12.3 Å². The van der Waals surface area contributed by atoms with Gasteiger partial charge in [-0.15, -0.1) is 0 Å². The first-order chi connectivity index (χ1) is 10.00. The minimum absolute atomic E-state index is 0.00631. The zero-order valence-electron chi connectivity index (χ0n) is 12.2. The number of nitrogens with one attached hydrogen (secondary N) is 2. The second kappa shape index (κ2) is 7.36. The van der Waals surface area contributed by atoms with Crippen LogP contribution < -0.4 is 10.9 Å². The van der Waals surface area contributed by atoms with Crippen LogP contribution in [0.25, 0.3) is 0 Å². The third kappa shape index (κ3) is 5.08. The molecule has 21 heavy (non-hydrogen) atoms. The van der Waals surface area contributed by atoms with Crippen LogP contribution in [0, 0.1) is 0 Å². The number of hydrogen-bond acceptors (Lipinski definition) is 4. The maximum absolute atomic E-state index is 12.0. The van der Waals surface area contributed by atoms with Crippen LogP contribution in [0.4, 0.5) is 0 Å². The Morgan fingerprint density at radius 3 is 2.86 bits per heavy atom. The Balaban J connectivity index is 1.84. The summed E-state index contributed by atoms with van der Waals surface area (Å²) in [5, 5.41) is 3.30. The molecule has 2 heterocycles. The summed E-state index contributed by atoms with van der Waals surface area (Å²) in [5.74, 6) is 0. The van der Waals surface area contributed by atoms with Crippen LogP contribution in [-0.4, -0.2) is 41.5 Å². The third-order valence-electron chi connectivity index (χ3n) is 3.65. The number of unbranched alkanes of at least 4 members (excludes halogenated alkanes) is 1. The number of pyridine rings is 1. The van der Waals surface area contributed by atoms with Crippen molar-refractivity contribution >= 4 is 7.37 Å². The fourth-order valence-electron chi connectivity index (χ4n) is 2.41. The Morgan fingerprint density at radius 1 is 1.48 bits per heavy atom. The first-order valence-electron chi connectivity index (χ1n) is 7.34. The number of H-pyrrole nitrogens is 1. The molecule has 6 nitrogen and oxygen atoms in total. The van der Waals surface area contributed by atoms with Gasteiger partial charge >= 0.3 is 0 Å². The quantitative estimate of drug-likeness (QED) is 0.692. The fourth-order valence-corrected chi connectivity index (χ4v) is 4.27. The normalized spacial score (nSPS) is 25.4. The molecule has 1 aliphatic heterocycles. The molecule has 0 spiro atoms. The first kappa shape index (κ1) is 16.4. The molecule has 0 saturated carbocycles. The molecule has 1 aliphatic rings. The minimum Gasteiger partial charge on any atom is -0.374 e. The molecular weight excluding hydrogens is 291 g/mol. The lowest BCUT2D eigenvalue weighted by Crippen LogP contribution is -2.43. The number of aromatic amines is 1. The number of hydrogen-bond donors (Lipinski definition) is 3. The Labute approximate surface area is 124 Å². The van der Waals surface area contributed by atoms with Gasteiger partial charge in [0.15, 0.2) is 0 Å². The number of ether oxygens (including phenoxy) is 1. The van der Waals surface area contributed by atoms with Gasteiger partial charge in [-0.25, -0.2) is 0 Å². The van der Waals surface area contributed by atoms with Crippen molar-refractivity contribution in [3.05, 3.63) is 34.2 Å². The van der Waals surface area contributed by atoms with Crippen LogP contribution in [0.15, 0.2) is 23.1 Å². The van der Waals surface area contributed by atoms with Crippen LogP contribution in [0.5, 0.6) is 0 Å². The molecule has 1 fully saturated rings. The Hall–Kier alpha value is -0.940. The zero-order chi connectivity index (χ0) is 15.3. The maximum atomic E-state index is 12.0. The van der Waals surface area contributed by atoms with Gasteiger partial charge in [-0.2, -0.15) is 0 Å². The van der Waals surface area contributed by atoms with E-state index < -0.39 is 7.37 Å². The first-order valence-corrected chi connectivity index (χ1v) is 9.37. The van der Waals surface area contributed by atoms with E-state index in [1.807, 2.05) is 6.92 Å². The Morgan fingerprint density at radius 2 is 2.29 bits per heavy atom. The van der Waals surface area contributed by atoms with E-state index in [-0.39, 0.29) is 23.9 Å². The summed E-state index contributed by atoms with van der Waals surface area (Å²) >= 11 is 0. The van der Waals surface area contributed by atoms with Crippen molar-refractivity contribution in [2.75, 3.05) is 25.5 Å². The SMILES string of the molecule is CCCCP(=O)(O)CC1CNC(c2ccc(=O)[nH]c2)CO1. The standard InChI is InChI=1S/C14H23N2O4P/c1-2-3-6-21(18,19)10-12-8-15-13(9-20-12)11-4-5-14(17)16-7-11/h4-5,7,12-13,15H,2-3,6,8-10H2,1H3,(H,16,17)(H,18,19). The predicted octanol–water partition coefficient (Wildman–Crippen LogP) is 1.47. The van der Waals surface area contributed by atoms with Crippen molar-refractivity contribution in [2.45, 2.75) is 31.9 Å². The van der Waals surface area contributed by atoms with Crippen molar-refractivity contribution in [3.8, 4) is 0 Å². The van der Waals surface area contributed by atoms with Crippen LogP contribution in [0.2, 0.25) is 0 Å². The molecule has 0 aliphatic carbocycles. The van der Waals surface area contributed by atoms with Crippen molar-refractivity contribution in [3.63, 3.8) is 0 Å². The molecular formula is C14H23N2O4P. The second-order valence-corrected chi connectivity index (χ2v) is 8.01. The van der Waals surface area contributed by atoms with Gasteiger partial charge in [0.2, 0.25) is 12.9 Å². The van der Waals surface area contributed by atoms with Crippen molar-refractivity contribution in [2.24, 2.45) is 0 Å². The molecule has 0 radical (unpaired) electrons. The highest BCUT2D eigenvalue weighted by Gasteiger charge is 2.28. The fraction of sp³-hybridized carbons (Fsp3) is 0.643. The third-order valence-corrected chi connectivity index (χ3v) is 5.64. The largest absolute Gasteiger partial charge is 0.374 e. The van der Waals surface area contributed by atoms with Crippen molar-refractivity contribution < 1.29 is 14.2 Å². The van der Waals surface area contributed by atoms with E-state index in [2.05, 4.69) is 10.3 Å². The average molecular weight is 314 g/mol.